The van der Waals surface area contributed by atoms with Crippen LogP contribution in [0.15, 0.2) is 24.4 Å². The molecular formula is C26H33N5O2. The van der Waals surface area contributed by atoms with Crippen LogP contribution in [0.1, 0.15) is 59.5 Å². The molecule has 1 N–H and O–H groups in total. The first-order valence-electron chi connectivity index (χ1n) is 12.6. The number of hydrogen-bond donors (Lipinski definition) is 1. The highest BCUT2D eigenvalue weighted by Gasteiger charge is 2.76. The molecule has 1 spiro atoms. The minimum atomic E-state index is -0.0623. The van der Waals surface area contributed by atoms with E-state index in [4.69, 9.17) is 0 Å². The number of imidazole rings is 1. The fourth-order valence-electron chi connectivity index (χ4n) is 8.03. The van der Waals surface area contributed by atoms with Crippen LogP contribution in [0.4, 0.5) is 0 Å². The second-order valence-electron chi connectivity index (χ2n) is 11.9. The van der Waals surface area contributed by atoms with Crippen LogP contribution < -0.4 is 5.32 Å². The third kappa shape index (κ3) is 2.94. The molecule has 174 valence electrons. The molecule has 2 aromatic heterocycles. The molecule has 33 heavy (non-hydrogen) atoms. The number of carbonyl (C=O) groups excluding carboxylic acids is 2. The van der Waals surface area contributed by atoms with Crippen molar-refractivity contribution in [1.82, 2.24) is 24.5 Å². The van der Waals surface area contributed by atoms with E-state index in [-0.39, 0.29) is 11.8 Å². The van der Waals surface area contributed by atoms with Crippen molar-refractivity contribution in [2.24, 2.45) is 28.6 Å². The van der Waals surface area contributed by atoms with Crippen LogP contribution in [0.3, 0.4) is 0 Å². The summed E-state index contributed by atoms with van der Waals surface area (Å²) < 4.78 is 1.78. The summed E-state index contributed by atoms with van der Waals surface area (Å²) in [6.45, 7) is 2.25. The lowest BCUT2D eigenvalue weighted by atomic mass is 9.71. The molecule has 7 rings (SSSR count). The molecule has 0 radical (unpaired) electrons. The highest BCUT2D eigenvalue weighted by Crippen LogP contribution is 2.83. The van der Waals surface area contributed by atoms with E-state index in [9.17, 15) is 9.59 Å². The Kier molecular flexibility index (Phi) is 3.99. The maximum atomic E-state index is 13.2. The minimum absolute atomic E-state index is 0.0510. The first-order valence-corrected chi connectivity index (χ1v) is 12.6. The number of likely N-dealkylation sites (N-methyl/N-ethyl adjacent to an activating group) is 1. The lowest BCUT2D eigenvalue weighted by Crippen LogP contribution is -2.40. The van der Waals surface area contributed by atoms with E-state index in [2.05, 4.69) is 29.3 Å². The Morgan fingerprint density at radius 1 is 1.24 bits per heavy atom. The number of likely N-dealkylation sites (tertiary alicyclic amines) is 1. The number of pyridine rings is 1. The van der Waals surface area contributed by atoms with Crippen LogP contribution in [-0.4, -0.2) is 70.8 Å². The van der Waals surface area contributed by atoms with Gasteiger partial charge in [-0.15, -0.1) is 0 Å². The minimum Gasteiger partial charge on any atom is -0.350 e. The van der Waals surface area contributed by atoms with E-state index in [0.29, 0.717) is 33.9 Å². The molecule has 1 aliphatic heterocycles. The van der Waals surface area contributed by atoms with Crippen LogP contribution >= 0.6 is 0 Å². The van der Waals surface area contributed by atoms with Crippen molar-refractivity contribution in [1.29, 1.82) is 0 Å². The fourth-order valence-corrected chi connectivity index (χ4v) is 8.03. The SMILES string of the molecule is CN(C)C1CCN(C(=O)c2cn3c(C(=O)NCC45CC6CC6C6(CC6C4)C5)cccc3n2)C1. The third-order valence-corrected chi connectivity index (χ3v) is 9.77. The average Bonchev–Trinajstić information content (AvgIpc) is 3.49. The summed E-state index contributed by atoms with van der Waals surface area (Å²) in [4.78, 5) is 34.9. The molecule has 6 atom stereocenters. The number of hydrogen-bond acceptors (Lipinski definition) is 4. The summed E-state index contributed by atoms with van der Waals surface area (Å²) >= 11 is 0. The second kappa shape index (κ2) is 6.59. The van der Waals surface area contributed by atoms with Gasteiger partial charge in [0.15, 0.2) is 0 Å². The predicted molar refractivity (Wildman–Crippen MR) is 124 cm³/mol. The Morgan fingerprint density at radius 2 is 2.12 bits per heavy atom. The number of carbonyl (C=O) groups is 2. The molecule has 7 heteroatoms. The van der Waals surface area contributed by atoms with Crippen molar-refractivity contribution in [3.8, 4) is 0 Å². The Hall–Kier alpha value is -2.41. The molecule has 7 nitrogen and oxygen atoms in total. The van der Waals surface area contributed by atoms with Crippen LogP contribution in [0.25, 0.3) is 5.65 Å². The molecule has 4 saturated carbocycles. The van der Waals surface area contributed by atoms with Gasteiger partial charge in [-0.1, -0.05) is 6.07 Å². The van der Waals surface area contributed by atoms with Crippen molar-refractivity contribution in [2.45, 2.75) is 44.6 Å². The number of rotatable bonds is 5. The van der Waals surface area contributed by atoms with Gasteiger partial charge in [0.2, 0.25) is 0 Å². The summed E-state index contributed by atoms with van der Waals surface area (Å²) in [6, 6.07) is 5.94. The van der Waals surface area contributed by atoms with E-state index in [1.54, 1.807) is 10.6 Å². The molecule has 0 aromatic carbocycles. The topological polar surface area (TPSA) is 70.0 Å². The molecule has 3 heterocycles. The third-order valence-electron chi connectivity index (χ3n) is 9.77. The molecule has 6 unspecified atom stereocenters. The Balaban J connectivity index is 1.08. The number of nitrogens with one attached hydrogen (secondary N) is 1. The standard InChI is InChI=1S/C26H33N5O2/c1-29(2)18-6-7-30(12-18)24(33)20-13-31-21(4-3-5-22(31)28-20)23(32)27-15-25-9-16-8-19(16)26(14-25)11-17(26)10-25/h3-5,13,16-19H,6-12,14-15H2,1-2H3,(H,27,32). The van der Waals surface area contributed by atoms with Gasteiger partial charge in [0.25, 0.3) is 11.8 Å². The van der Waals surface area contributed by atoms with E-state index < -0.39 is 0 Å². The Bertz CT molecular complexity index is 1170. The highest BCUT2D eigenvalue weighted by molar-refractivity contribution is 5.95. The van der Waals surface area contributed by atoms with Gasteiger partial charge < -0.3 is 15.1 Å². The molecule has 2 bridgehead atoms. The Labute approximate surface area is 194 Å². The molecule has 5 aliphatic rings. The van der Waals surface area contributed by atoms with Crippen LogP contribution in [-0.2, 0) is 0 Å². The quantitative estimate of drug-likeness (QED) is 0.765. The zero-order valence-electron chi connectivity index (χ0n) is 19.6. The monoisotopic (exact) mass is 447 g/mol. The van der Waals surface area contributed by atoms with E-state index in [1.165, 1.54) is 32.1 Å². The summed E-state index contributed by atoms with van der Waals surface area (Å²) in [7, 11) is 4.11. The van der Waals surface area contributed by atoms with E-state index in [1.807, 2.05) is 23.1 Å². The van der Waals surface area contributed by atoms with Crippen LogP contribution in [0.5, 0.6) is 0 Å². The van der Waals surface area contributed by atoms with Crippen molar-refractivity contribution in [3.63, 3.8) is 0 Å². The Morgan fingerprint density at radius 3 is 2.94 bits per heavy atom. The van der Waals surface area contributed by atoms with Crippen molar-refractivity contribution in [2.75, 3.05) is 33.7 Å². The van der Waals surface area contributed by atoms with Crippen molar-refractivity contribution in [3.05, 3.63) is 35.8 Å². The second-order valence-corrected chi connectivity index (χ2v) is 11.9. The smallest absolute Gasteiger partial charge is 0.274 e. The molecule has 4 aliphatic carbocycles. The fraction of sp³-hybridized carbons (Fsp3) is 0.654. The molecule has 5 fully saturated rings. The number of aromatic nitrogens is 2. The molecule has 2 aromatic rings. The highest BCUT2D eigenvalue weighted by atomic mass is 16.2. The lowest BCUT2D eigenvalue weighted by molar-refractivity contribution is 0.0777. The van der Waals surface area contributed by atoms with Crippen LogP contribution in [0.2, 0.25) is 0 Å². The van der Waals surface area contributed by atoms with E-state index in [0.717, 1.165) is 43.8 Å². The van der Waals surface area contributed by atoms with Gasteiger partial charge >= 0.3 is 0 Å². The number of fused-ring (bicyclic) bond motifs is 3. The van der Waals surface area contributed by atoms with Crippen molar-refractivity contribution >= 4 is 17.5 Å². The number of amides is 2. The van der Waals surface area contributed by atoms with Gasteiger partial charge in [-0.05, 0) is 93.3 Å². The molecule has 2 amide bonds. The zero-order valence-corrected chi connectivity index (χ0v) is 19.6. The van der Waals surface area contributed by atoms with Gasteiger partial charge in [-0.3, -0.25) is 14.0 Å². The summed E-state index contributed by atoms with van der Waals surface area (Å²) in [5.74, 6) is 2.74. The van der Waals surface area contributed by atoms with Gasteiger partial charge in [0, 0.05) is 31.9 Å². The normalized spacial score (nSPS) is 37.8. The van der Waals surface area contributed by atoms with Gasteiger partial charge in [0.1, 0.15) is 17.0 Å². The van der Waals surface area contributed by atoms with Crippen LogP contribution in [0, 0.1) is 28.6 Å². The van der Waals surface area contributed by atoms with Gasteiger partial charge in [0.05, 0.1) is 0 Å². The molecular weight excluding hydrogens is 414 g/mol. The maximum Gasteiger partial charge on any atom is 0.274 e. The predicted octanol–water partition coefficient (Wildman–Crippen LogP) is 2.67. The summed E-state index contributed by atoms with van der Waals surface area (Å²) in [5, 5.41) is 3.28. The maximum absolute atomic E-state index is 13.2. The summed E-state index contributed by atoms with van der Waals surface area (Å²) in [5.41, 5.74) is 2.60. The first-order chi connectivity index (χ1) is 15.9. The van der Waals surface area contributed by atoms with Crippen molar-refractivity contribution < 1.29 is 9.59 Å². The zero-order chi connectivity index (χ0) is 22.5. The number of nitrogens with zero attached hydrogens (tertiary/aromatic N) is 4. The lowest BCUT2D eigenvalue weighted by Gasteiger charge is -2.36. The van der Waals surface area contributed by atoms with Gasteiger partial charge in [-0.25, -0.2) is 4.98 Å². The summed E-state index contributed by atoms with van der Waals surface area (Å²) in [6.07, 6.45) is 9.52. The largest absolute Gasteiger partial charge is 0.350 e. The average molecular weight is 448 g/mol. The van der Waals surface area contributed by atoms with E-state index >= 15 is 0 Å². The first kappa shape index (κ1) is 20.0. The van der Waals surface area contributed by atoms with Gasteiger partial charge in [-0.2, -0.15) is 0 Å². The molecule has 1 saturated heterocycles.